The third kappa shape index (κ3) is 10.8. The molecule has 0 aromatic heterocycles. The first kappa shape index (κ1) is 23.0. The van der Waals surface area contributed by atoms with Gasteiger partial charge in [0.1, 0.15) is 6.54 Å². The summed E-state index contributed by atoms with van der Waals surface area (Å²) in [6.45, 7) is 2.82. The molecule has 1 heterocycles. The summed E-state index contributed by atoms with van der Waals surface area (Å²) in [4.78, 5) is 12.3. The molecule has 1 atom stereocenters. The highest BCUT2D eigenvalue weighted by molar-refractivity contribution is 5.86. The molecule has 0 fully saturated rings. The Labute approximate surface area is 161 Å². The number of carboxylic acid groups (broad SMARTS) is 1. The number of quaternary nitrogens is 1. The minimum atomic E-state index is -0.992. The van der Waals surface area contributed by atoms with Crippen molar-refractivity contribution in [2.45, 2.75) is 103 Å². The quantitative estimate of drug-likeness (QED) is 0.422. The lowest BCUT2D eigenvalue weighted by Gasteiger charge is -2.20. The number of rotatable bonds is 16. The number of nitrogens with one attached hydrogen (secondary N) is 1. The Morgan fingerprint density at radius 3 is 1.81 bits per heavy atom. The number of allylic oxidation sites excluding steroid dienone is 2. The molecule has 0 bridgehead atoms. The lowest BCUT2D eigenvalue weighted by Crippen LogP contribution is -3.05. The molecular weight excluding hydrogens is 322 g/mol. The topological polar surface area (TPSA) is 44.6 Å². The van der Waals surface area contributed by atoms with Crippen LogP contribution >= 0.6 is 0 Å². The number of likely N-dealkylation sites (N-methyl/N-ethyl adjacent to an activating group) is 1. The molecule has 0 saturated carbocycles. The van der Waals surface area contributed by atoms with E-state index in [2.05, 4.69) is 6.92 Å². The normalized spacial score (nSPS) is 17.1. The molecule has 0 aromatic carbocycles. The van der Waals surface area contributed by atoms with Gasteiger partial charge in [-0.2, -0.15) is 0 Å². The Balaban J connectivity index is 1.94. The van der Waals surface area contributed by atoms with Gasteiger partial charge in [-0.25, -0.2) is 0 Å². The molecule has 0 aromatic rings. The van der Waals surface area contributed by atoms with Crippen molar-refractivity contribution in [2.75, 3.05) is 13.6 Å². The van der Waals surface area contributed by atoms with Gasteiger partial charge in [-0.15, -0.1) is 0 Å². The number of hydrogen-bond donors (Lipinski definition) is 1. The monoisotopic (exact) mass is 363 g/mol. The third-order valence-corrected chi connectivity index (χ3v) is 5.46. The molecule has 0 radical (unpaired) electrons. The second kappa shape index (κ2) is 15.0. The zero-order valence-electron chi connectivity index (χ0n) is 17.3. The fourth-order valence-electron chi connectivity index (χ4n) is 3.74. The van der Waals surface area contributed by atoms with E-state index in [-0.39, 0.29) is 0 Å². The molecular formula is C23H41NO2. The second-order valence-electron chi connectivity index (χ2n) is 7.99. The van der Waals surface area contributed by atoms with E-state index >= 15 is 0 Å². The van der Waals surface area contributed by atoms with Gasteiger partial charge >= 0.3 is 0 Å². The molecule has 150 valence electrons. The number of hydrogen-bond acceptors (Lipinski definition) is 2. The molecule has 3 heteroatoms. The maximum absolute atomic E-state index is 11.2. The van der Waals surface area contributed by atoms with Crippen molar-refractivity contribution in [3.63, 3.8) is 0 Å². The van der Waals surface area contributed by atoms with Gasteiger partial charge in [-0.1, -0.05) is 90.4 Å². The Morgan fingerprint density at radius 1 is 0.885 bits per heavy atom. The first-order chi connectivity index (χ1) is 12.6. The molecule has 1 unspecified atom stereocenters. The van der Waals surface area contributed by atoms with Crippen LogP contribution in [0.4, 0.5) is 0 Å². The maximum atomic E-state index is 11.2. The first-order valence-electron chi connectivity index (χ1n) is 11.1. The van der Waals surface area contributed by atoms with Crippen LogP contribution in [0.25, 0.3) is 0 Å². The van der Waals surface area contributed by atoms with Crippen LogP contribution in [0.1, 0.15) is 103 Å². The standard InChI is InChI=1S/C23H41NO2/c1-3-4-5-6-7-8-9-10-11-12-13-14-15-16-17-21-18-19-24(2)20-22(21)23(25)26/h18-19H,3-17,20H2,1-2H3,(H,25,26). The lowest BCUT2D eigenvalue weighted by molar-refractivity contribution is -0.819. The summed E-state index contributed by atoms with van der Waals surface area (Å²) >= 11 is 0. The Hall–Kier alpha value is -1.09. The Morgan fingerprint density at radius 2 is 1.35 bits per heavy atom. The Kier molecular flexibility index (Phi) is 13.3. The highest BCUT2D eigenvalue weighted by atomic mass is 16.4. The summed E-state index contributed by atoms with van der Waals surface area (Å²) in [5, 5.41) is 11.2. The number of aliphatic carboxylic acids is 1. The second-order valence-corrected chi connectivity index (χ2v) is 7.99. The van der Waals surface area contributed by atoms with Gasteiger partial charge in [0.25, 0.3) is 0 Å². The summed E-state index contributed by atoms with van der Waals surface area (Å²) < 4.78 is 0. The highest BCUT2D eigenvalue weighted by Gasteiger charge is 2.15. The van der Waals surface area contributed by atoms with Crippen molar-refractivity contribution in [3.05, 3.63) is 23.4 Å². The summed E-state index contributed by atoms with van der Waals surface area (Å²) in [6.07, 6.45) is 23.8. The third-order valence-electron chi connectivity index (χ3n) is 5.46. The van der Waals surface area contributed by atoms with Crippen LogP contribution in [0, 0.1) is 0 Å². The van der Waals surface area contributed by atoms with Gasteiger partial charge in [-0.05, 0) is 24.5 Å². The fourth-order valence-corrected chi connectivity index (χ4v) is 3.74. The summed E-state index contributed by atoms with van der Waals surface area (Å²) in [5.41, 5.74) is 1.48. The SMILES string of the molecule is CCCCCCCCCCCCCCCCC1=C(C(=O)[O-])C[NH+](C)C=C1. The van der Waals surface area contributed by atoms with E-state index < -0.39 is 5.97 Å². The number of carbonyl (C=O) groups is 1. The van der Waals surface area contributed by atoms with Crippen LogP contribution in [0.2, 0.25) is 0 Å². The fraction of sp³-hybridized carbons (Fsp3) is 0.783. The predicted molar refractivity (Wildman–Crippen MR) is 108 cm³/mol. The smallest absolute Gasteiger partial charge is 0.109 e. The average Bonchev–Trinajstić information content (AvgIpc) is 2.62. The molecule has 0 saturated heterocycles. The summed E-state index contributed by atoms with van der Waals surface area (Å²) in [7, 11) is 1.97. The van der Waals surface area contributed by atoms with Crippen molar-refractivity contribution in [2.24, 2.45) is 0 Å². The van der Waals surface area contributed by atoms with E-state index in [0.29, 0.717) is 12.1 Å². The molecule has 1 aliphatic rings. The summed E-state index contributed by atoms with van der Waals surface area (Å²) in [6, 6.07) is 0. The lowest BCUT2D eigenvalue weighted by atomic mass is 9.98. The van der Waals surface area contributed by atoms with Crippen LogP contribution in [-0.2, 0) is 4.79 Å². The van der Waals surface area contributed by atoms with Gasteiger partial charge in [0.2, 0.25) is 0 Å². The molecule has 26 heavy (non-hydrogen) atoms. The van der Waals surface area contributed by atoms with E-state index in [4.69, 9.17) is 0 Å². The van der Waals surface area contributed by atoms with Crippen molar-refractivity contribution in [1.29, 1.82) is 0 Å². The van der Waals surface area contributed by atoms with E-state index in [1.54, 1.807) is 0 Å². The number of unbranched alkanes of at least 4 members (excludes halogenated alkanes) is 13. The molecule has 0 aliphatic carbocycles. The van der Waals surface area contributed by atoms with Crippen LogP contribution in [0.3, 0.4) is 0 Å². The predicted octanol–water partition coefficient (Wildman–Crippen LogP) is 3.95. The van der Waals surface area contributed by atoms with Crippen molar-refractivity contribution in [3.8, 4) is 0 Å². The van der Waals surface area contributed by atoms with E-state index in [0.717, 1.165) is 23.3 Å². The van der Waals surface area contributed by atoms with Gasteiger partial charge in [-0.3, -0.25) is 0 Å². The van der Waals surface area contributed by atoms with Crippen molar-refractivity contribution in [1.82, 2.24) is 0 Å². The van der Waals surface area contributed by atoms with E-state index in [9.17, 15) is 9.90 Å². The molecule has 0 spiro atoms. The highest BCUT2D eigenvalue weighted by Crippen LogP contribution is 2.18. The first-order valence-corrected chi connectivity index (χ1v) is 11.1. The largest absolute Gasteiger partial charge is 0.545 e. The van der Waals surface area contributed by atoms with Gasteiger partial charge in [0.15, 0.2) is 0 Å². The Bertz CT molecular complexity index is 439. The zero-order valence-corrected chi connectivity index (χ0v) is 17.3. The zero-order chi connectivity index (χ0) is 19.0. The minimum Gasteiger partial charge on any atom is -0.545 e. The van der Waals surface area contributed by atoms with Crippen LogP contribution in [-0.4, -0.2) is 19.6 Å². The van der Waals surface area contributed by atoms with Crippen LogP contribution in [0.15, 0.2) is 23.4 Å². The molecule has 1 rings (SSSR count). The average molecular weight is 364 g/mol. The number of carboxylic acids is 1. The minimum absolute atomic E-state index is 0.500. The number of carbonyl (C=O) groups excluding carboxylic acids is 1. The van der Waals surface area contributed by atoms with Gasteiger partial charge in [0.05, 0.1) is 19.2 Å². The van der Waals surface area contributed by atoms with Gasteiger partial charge < -0.3 is 14.8 Å². The molecule has 1 N–H and O–H groups in total. The van der Waals surface area contributed by atoms with Crippen molar-refractivity contribution < 1.29 is 14.8 Å². The summed E-state index contributed by atoms with van der Waals surface area (Å²) in [5.74, 6) is -0.992. The molecule has 0 amide bonds. The maximum Gasteiger partial charge on any atom is 0.109 e. The van der Waals surface area contributed by atoms with Crippen molar-refractivity contribution >= 4 is 5.97 Å². The van der Waals surface area contributed by atoms with E-state index in [1.807, 2.05) is 19.3 Å². The van der Waals surface area contributed by atoms with Crippen LogP contribution in [0.5, 0.6) is 0 Å². The van der Waals surface area contributed by atoms with E-state index in [1.165, 1.54) is 83.5 Å². The van der Waals surface area contributed by atoms with Gasteiger partial charge in [0, 0.05) is 5.57 Å². The van der Waals surface area contributed by atoms with Crippen LogP contribution < -0.4 is 10.0 Å². The molecule has 3 nitrogen and oxygen atoms in total. The molecule has 1 aliphatic heterocycles.